The first-order valence-corrected chi connectivity index (χ1v) is 20.0. The van der Waals surface area contributed by atoms with E-state index in [4.69, 9.17) is 14.2 Å². The molecule has 0 aliphatic heterocycles. The van der Waals surface area contributed by atoms with Gasteiger partial charge >= 0.3 is 17.9 Å². The van der Waals surface area contributed by atoms with Crippen molar-refractivity contribution in [2.45, 2.75) is 174 Å². The van der Waals surface area contributed by atoms with E-state index in [0.29, 0.717) is 19.3 Å². The maximum Gasteiger partial charge on any atom is 0.362 e. The van der Waals surface area contributed by atoms with Crippen LogP contribution in [-0.4, -0.2) is 80.6 Å². The number of carboxylic acid groups (broad SMARTS) is 1. The van der Waals surface area contributed by atoms with Crippen molar-refractivity contribution in [1.29, 1.82) is 0 Å². The molecule has 0 aromatic rings. The van der Waals surface area contributed by atoms with E-state index in [1.807, 2.05) is 21.1 Å². The highest BCUT2D eigenvalue weighted by atomic mass is 16.6. The van der Waals surface area contributed by atoms with Crippen LogP contribution in [0.3, 0.4) is 0 Å². The van der Waals surface area contributed by atoms with Gasteiger partial charge in [0.15, 0.2) is 12.1 Å². The molecule has 0 bridgehead atoms. The number of rotatable bonds is 35. The molecule has 0 radical (unpaired) electrons. The molecule has 8 nitrogen and oxygen atoms in total. The SMILES string of the molecule is CCCC/C=C/CCCCCCC(=O)OCC(COCCC(C(=O)O)[N+](C)(C)C)OC(=O)CCCCC/C=C/C=C/CCCCCCCCC. The third kappa shape index (κ3) is 31.5. The van der Waals surface area contributed by atoms with E-state index in [0.717, 1.165) is 70.6 Å². The average Bonchev–Trinajstić information content (AvgIpc) is 3.06. The Balaban J connectivity index is 4.46. The minimum absolute atomic E-state index is 0.0472. The van der Waals surface area contributed by atoms with Crippen LogP contribution in [-0.2, 0) is 28.6 Å². The first-order chi connectivity index (χ1) is 24.1. The number of aliphatic carboxylic acids is 1. The molecular formula is C42H76NO7+. The number of ether oxygens (including phenoxy) is 3. The molecule has 290 valence electrons. The third-order valence-electron chi connectivity index (χ3n) is 8.79. The van der Waals surface area contributed by atoms with Crippen LogP contribution < -0.4 is 0 Å². The summed E-state index contributed by atoms with van der Waals surface area (Å²) in [5.41, 5.74) is 0. The Morgan fingerprint density at radius 1 is 0.600 bits per heavy atom. The Morgan fingerprint density at radius 3 is 1.64 bits per heavy atom. The van der Waals surface area contributed by atoms with Gasteiger partial charge in [-0.3, -0.25) is 9.59 Å². The number of hydrogen-bond donors (Lipinski definition) is 1. The van der Waals surface area contributed by atoms with Gasteiger partial charge in [0.05, 0.1) is 34.4 Å². The van der Waals surface area contributed by atoms with Gasteiger partial charge in [0.25, 0.3) is 0 Å². The molecule has 0 amide bonds. The summed E-state index contributed by atoms with van der Waals surface area (Å²) in [6, 6.07) is -0.619. The predicted octanol–water partition coefficient (Wildman–Crippen LogP) is 10.3. The van der Waals surface area contributed by atoms with Crippen molar-refractivity contribution in [3.05, 3.63) is 36.5 Å². The van der Waals surface area contributed by atoms with Gasteiger partial charge in [-0.15, -0.1) is 0 Å². The first kappa shape index (κ1) is 47.5. The summed E-state index contributed by atoms with van der Waals surface area (Å²) >= 11 is 0. The molecule has 2 atom stereocenters. The smallest absolute Gasteiger partial charge is 0.362 e. The maximum atomic E-state index is 12.7. The number of quaternary nitrogens is 1. The number of likely N-dealkylation sites (N-methyl/N-ethyl adjacent to an activating group) is 1. The number of carbonyl (C=O) groups is 3. The second-order valence-corrected chi connectivity index (χ2v) is 14.6. The van der Waals surface area contributed by atoms with Crippen LogP contribution in [0.5, 0.6) is 0 Å². The third-order valence-corrected chi connectivity index (χ3v) is 8.79. The Morgan fingerprint density at radius 2 is 1.08 bits per heavy atom. The van der Waals surface area contributed by atoms with E-state index < -0.39 is 18.1 Å². The largest absolute Gasteiger partial charge is 0.477 e. The molecule has 0 heterocycles. The van der Waals surface area contributed by atoms with Crippen molar-refractivity contribution in [2.75, 3.05) is 41.0 Å². The van der Waals surface area contributed by atoms with E-state index in [9.17, 15) is 19.5 Å². The molecule has 8 heteroatoms. The van der Waals surface area contributed by atoms with Crippen molar-refractivity contribution in [1.82, 2.24) is 0 Å². The number of nitrogens with zero attached hydrogens (tertiary/aromatic N) is 1. The van der Waals surface area contributed by atoms with Gasteiger partial charge in [-0.2, -0.15) is 0 Å². The van der Waals surface area contributed by atoms with Gasteiger partial charge in [-0.1, -0.05) is 121 Å². The van der Waals surface area contributed by atoms with E-state index in [1.165, 1.54) is 57.8 Å². The lowest BCUT2D eigenvalue weighted by Crippen LogP contribution is -2.50. The van der Waals surface area contributed by atoms with Crippen LogP contribution in [0.2, 0.25) is 0 Å². The fraction of sp³-hybridized carbons (Fsp3) is 0.786. The second-order valence-electron chi connectivity index (χ2n) is 14.6. The summed E-state index contributed by atoms with van der Waals surface area (Å²) in [4.78, 5) is 36.8. The van der Waals surface area contributed by atoms with Crippen LogP contribution in [0.15, 0.2) is 36.5 Å². The number of carbonyl (C=O) groups excluding carboxylic acids is 2. The lowest BCUT2D eigenvalue weighted by atomic mass is 10.1. The fourth-order valence-corrected chi connectivity index (χ4v) is 5.59. The van der Waals surface area contributed by atoms with Gasteiger partial charge in [0, 0.05) is 19.3 Å². The normalized spacial score (nSPS) is 13.4. The molecule has 0 saturated heterocycles. The molecule has 0 fully saturated rings. The number of esters is 2. The minimum atomic E-state index is -0.882. The van der Waals surface area contributed by atoms with Gasteiger partial charge in [-0.25, -0.2) is 4.79 Å². The molecule has 0 aliphatic rings. The Labute approximate surface area is 306 Å². The second kappa shape index (κ2) is 33.7. The molecule has 50 heavy (non-hydrogen) atoms. The highest BCUT2D eigenvalue weighted by Gasteiger charge is 2.31. The van der Waals surface area contributed by atoms with Crippen LogP contribution in [0.25, 0.3) is 0 Å². The molecule has 0 rings (SSSR count). The summed E-state index contributed by atoms with van der Waals surface area (Å²) in [6.07, 6.45) is 36.2. The van der Waals surface area contributed by atoms with E-state index in [1.54, 1.807) is 0 Å². The standard InChI is InChI=1S/C42H75NO7/c1-6-8-10-12-14-16-18-19-20-21-22-23-25-27-29-31-33-41(45)50-38(36-48-35-34-39(42(46)47)43(3,4)5)37-49-40(44)32-30-28-26-24-17-15-13-11-9-7-2/h13,15,20-23,38-39H,6-12,14,16-19,24-37H2,1-5H3/p+1/b15-13+,21-20+,23-22+. The quantitative estimate of drug-likeness (QED) is 0.0230. The average molecular weight is 707 g/mol. The monoisotopic (exact) mass is 707 g/mol. The molecule has 2 unspecified atom stereocenters. The highest BCUT2D eigenvalue weighted by Crippen LogP contribution is 2.12. The number of allylic oxidation sites excluding steroid dienone is 6. The lowest BCUT2D eigenvalue weighted by Gasteiger charge is -2.31. The van der Waals surface area contributed by atoms with Crippen molar-refractivity contribution >= 4 is 17.9 Å². The van der Waals surface area contributed by atoms with Crippen LogP contribution in [0.1, 0.15) is 162 Å². The van der Waals surface area contributed by atoms with Crippen molar-refractivity contribution < 1.29 is 38.2 Å². The number of hydrogen-bond acceptors (Lipinski definition) is 6. The Kier molecular flexibility index (Phi) is 32.0. The number of unbranched alkanes of at least 4 members (excludes halogenated alkanes) is 16. The molecule has 1 N–H and O–H groups in total. The minimum Gasteiger partial charge on any atom is -0.477 e. The van der Waals surface area contributed by atoms with Gasteiger partial charge in [-0.05, 0) is 57.8 Å². The molecule has 0 spiro atoms. The Hall–Kier alpha value is -2.45. The van der Waals surface area contributed by atoms with Crippen LogP contribution in [0, 0.1) is 0 Å². The summed E-state index contributed by atoms with van der Waals surface area (Å²) in [6.45, 7) is 4.63. The highest BCUT2D eigenvalue weighted by molar-refractivity contribution is 5.72. The summed E-state index contributed by atoms with van der Waals surface area (Å²) in [7, 11) is 5.50. The number of carboxylic acids is 1. The zero-order valence-electron chi connectivity index (χ0n) is 32.8. The van der Waals surface area contributed by atoms with Crippen molar-refractivity contribution in [3.8, 4) is 0 Å². The Bertz CT molecular complexity index is 922. The fourth-order valence-electron chi connectivity index (χ4n) is 5.59. The summed E-state index contributed by atoms with van der Waals surface area (Å²) in [5, 5.41) is 9.58. The van der Waals surface area contributed by atoms with Gasteiger partial charge in [0.2, 0.25) is 0 Å². The summed E-state index contributed by atoms with van der Waals surface area (Å²) in [5.74, 6) is -1.52. The summed E-state index contributed by atoms with van der Waals surface area (Å²) < 4.78 is 17.2. The molecule has 0 aromatic heterocycles. The van der Waals surface area contributed by atoms with Crippen LogP contribution >= 0.6 is 0 Å². The zero-order chi connectivity index (χ0) is 37.1. The van der Waals surface area contributed by atoms with E-state index in [2.05, 4.69) is 50.3 Å². The van der Waals surface area contributed by atoms with Crippen molar-refractivity contribution in [3.63, 3.8) is 0 Å². The predicted molar refractivity (Wildman–Crippen MR) is 206 cm³/mol. The van der Waals surface area contributed by atoms with E-state index in [-0.39, 0.29) is 36.2 Å². The zero-order valence-corrected chi connectivity index (χ0v) is 32.8. The van der Waals surface area contributed by atoms with Gasteiger partial charge in [0.1, 0.15) is 6.61 Å². The molecular weight excluding hydrogens is 630 g/mol. The van der Waals surface area contributed by atoms with Gasteiger partial charge < -0.3 is 23.8 Å². The molecule has 0 aliphatic carbocycles. The van der Waals surface area contributed by atoms with Crippen molar-refractivity contribution in [2.24, 2.45) is 0 Å². The first-order valence-electron chi connectivity index (χ1n) is 20.0. The maximum absolute atomic E-state index is 12.7. The lowest BCUT2D eigenvalue weighted by molar-refractivity contribution is -0.887. The van der Waals surface area contributed by atoms with E-state index >= 15 is 0 Å². The molecule has 0 saturated carbocycles. The van der Waals surface area contributed by atoms with Crippen LogP contribution in [0.4, 0.5) is 0 Å². The topological polar surface area (TPSA) is 99.1 Å². The molecule has 0 aromatic carbocycles.